The predicted molar refractivity (Wildman–Crippen MR) is 118 cm³/mol. The number of hydrogen-bond donors (Lipinski definition) is 2. The van der Waals surface area contributed by atoms with Gasteiger partial charge in [-0.1, -0.05) is 17.7 Å². The number of nitrogens with zero attached hydrogens (tertiary/aromatic N) is 2. The van der Waals surface area contributed by atoms with E-state index in [1.54, 1.807) is 19.5 Å². The summed E-state index contributed by atoms with van der Waals surface area (Å²) in [5.74, 6) is 0.702. The monoisotopic (exact) mass is 410 g/mol. The van der Waals surface area contributed by atoms with Crippen LogP contribution in [0.5, 0.6) is 5.75 Å². The number of fused-ring (bicyclic) bond motifs is 1. The molecule has 3 heterocycles. The van der Waals surface area contributed by atoms with Gasteiger partial charge in [0.2, 0.25) is 0 Å². The molecule has 0 saturated carbocycles. The first-order valence-corrected chi connectivity index (χ1v) is 9.93. The molecule has 0 atom stereocenters. The summed E-state index contributed by atoms with van der Waals surface area (Å²) in [6, 6.07) is 7.93. The minimum absolute atomic E-state index is 0.147. The molecule has 6 nitrogen and oxygen atoms in total. The SMILES string of the molecule is CN=C/C(=C\N)c1cnc2[nH]cc(-c3ccc(OC4CCOCC4)c(Cl)c3)c2c1. The van der Waals surface area contributed by atoms with E-state index in [0.717, 1.165) is 59.4 Å². The molecule has 0 radical (unpaired) electrons. The molecule has 1 saturated heterocycles. The molecule has 2 aromatic heterocycles. The fraction of sp³-hybridized carbons (Fsp3) is 0.273. The number of benzene rings is 1. The second kappa shape index (κ2) is 8.68. The van der Waals surface area contributed by atoms with Gasteiger partial charge in [0.25, 0.3) is 0 Å². The lowest BCUT2D eigenvalue weighted by Gasteiger charge is -2.23. The number of nitrogens with two attached hydrogens (primary N) is 1. The van der Waals surface area contributed by atoms with Crippen LogP contribution in [0.1, 0.15) is 18.4 Å². The van der Waals surface area contributed by atoms with E-state index in [9.17, 15) is 0 Å². The Hall–Kier alpha value is -2.83. The van der Waals surface area contributed by atoms with Crippen molar-refractivity contribution in [1.29, 1.82) is 0 Å². The smallest absolute Gasteiger partial charge is 0.138 e. The molecule has 0 unspecified atom stereocenters. The lowest BCUT2D eigenvalue weighted by Crippen LogP contribution is -2.25. The Bertz CT molecular complexity index is 1070. The lowest BCUT2D eigenvalue weighted by atomic mass is 10.0. The third kappa shape index (κ3) is 4.13. The fourth-order valence-electron chi connectivity index (χ4n) is 3.49. The molecule has 0 amide bonds. The number of halogens is 1. The van der Waals surface area contributed by atoms with Crippen molar-refractivity contribution < 1.29 is 9.47 Å². The van der Waals surface area contributed by atoms with Crippen molar-refractivity contribution in [2.24, 2.45) is 10.7 Å². The highest BCUT2D eigenvalue weighted by atomic mass is 35.5. The zero-order valence-corrected chi connectivity index (χ0v) is 16.9. The van der Waals surface area contributed by atoms with Crippen LogP contribution in [0, 0.1) is 0 Å². The topological polar surface area (TPSA) is 85.5 Å². The van der Waals surface area contributed by atoms with Gasteiger partial charge >= 0.3 is 0 Å². The Morgan fingerprint density at radius 3 is 2.90 bits per heavy atom. The third-order valence-corrected chi connectivity index (χ3v) is 5.31. The van der Waals surface area contributed by atoms with Crippen LogP contribution in [-0.2, 0) is 4.74 Å². The second-order valence-corrected chi connectivity index (χ2v) is 7.31. The summed E-state index contributed by atoms with van der Waals surface area (Å²) < 4.78 is 11.5. The van der Waals surface area contributed by atoms with Crippen LogP contribution >= 0.6 is 11.6 Å². The summed E-state index contributed by atoms with van der Waals surface area (Å²) in [5, 5.41) is 1.58. The summed E-state index contributed by atoms with van der Waals surface area (Å²) >= 11 is 6.54. The highest BCUT2D eigenvalue weighted by molar-refractivity contribution is 6.32. The first-order chi connectivity index (χ1) is 14.2. The molecule has 1 aliphatic heterocycles. The molecule has 150 valence electrons. The van der Waals surface area contributed by atoms with Gasteiger partial charge in [0.05, 0.1) is 18.2 Å². The standard InChI is InChI=1S/C22H23ClN4O2/c1-25-11-16(10-24)15-8-18-19(13-27-22(18)26-12-15)14-2-3-21(20(23)9-14)29-17-4-6-28-7-5-17/h2-3,8-13,17H,4-7,24H2,1H3,(H,26,27)/b16-10+,25-11?. The molecule has 0 bridgehead atoms. The van der Waals surface area contributed by atoms with E-state index in [4.69, 9.17) is 26.8 Å². The maximum absolute atomic E-state index is 6.54. The van der Waals surface area contributed by atoms with Crippen molar-refractivity contribution in [3.05, 3.63) is 53.4 Å². The van der Waals surface area contributed by atoms with Crippen molar-refractivity contribution in [1.82, 2.24) is 9.97 Å². The van der Waals surface area contributed by atoms with E-state index in [1.807, 2.05) is 24.4 Å². The van der Waals surface area contributed by atoms with Gasteiger partial charge in [0.15, 0.2) is 0 Å². The van der Waals surface area contributed by atoms with Crippen LogP contribution < -0.4 is 10.5 Å². The predicted octanol–water partition coefficient (Wildman–Crippen LogP) is 4.44. The average molecular weight is 411 g/mol. The van der Waals surface area contributed by atoms with Gasteiger partial charge in [-0.3, -0.25) is 4.99 Å². The van der Waals surface area contributed by atoms with Gasteiger partial charge < -0.3 is 20.2 Å². The van der Waals surface area contributed by atoms with Crippen molar-refractivity contribution in [2.45, 2.75) is 18.9 Å². The average Bonchev–Trinajstić information content (AvgIpc) is 3.17. The molecule has 1 aromatic carbocycles. The number of allylic oxidation sites excluding steroid dienone is 1. The summed E-state index contributed by atoms with van der Waals surface area (Å²) in [4.78, 5) is 11.8. The molecule has 1 fully saturated rings. The highest BCUT2D eigenvalue weighted by Gasteiger charge is 2.17. The molecule has 0 aliphatic carbocycles. The van der Waals surface area contributed by atoms with Crippen molar-refractivity contribution >= 4 is 34.4 Å². The summed E-state index contributed by atoms with van der Waals surface area (Å²) in [6.07, 6.45) is 8.87. The van der Waals surface area contributed by atoms with Gasteiger partial charge in [0.1, 0.15) is 17.5 Å². The van der Waals surface area contributed by atoms with Crippen molar-refractivity contribution in [3.8, 4) is 16.9 Å². The quantitative estimate of drug-likeness (QED) is 0.609. The second-order valence-electron chi connectivity index (χ2n) is 6.91. The normalized spacial score (nSPS) is 16.0. The summed E-state index contributed by atoms with van der Waals surface area (Å²) in [7, 11) is 1.71. The van der Waals surface area contributed by atoms with Crippen molar-refractivity contribution in [3.63, 3.8) is 0 Å². The molecule has 7 heteroatoms. The van der Waals surface area contributed by atoms with E-state index in [-0.39, 0.29) is 6.10 Å². The van der Waals surface area contributed by atoms with E-state index >= 15 is 0 Å². The Kier molecular flexibility index (Phi) is 5.83. The van der Waals surface area contributed by atoms with E-state index in [2.05, 4.69) is 21.0 Å². The summed E-state index contributed by atoms with van der Waals surface area (Å²) in [6.45, 7) is 1.46. The van der Waals surface area contributed by atoms with Gasteiger partial charge in [0, 0.05) is 66.8 Å². The molecule has 4 rings (SSSR count). The largest absolute Gasteiger partial charge is 0.489 e. The Balaban J connectivity index is 1.66. The third-order valence-electron chi connectivity index (χ3n) is 5.02. The number of aromatic nitrogens is 2. The summed E-state index contributed by atoms with van der Waals surface area (Å²) in [5.41, 5.74) is 10.3. The zero-order valence-electron chi connectivity index (χ0n) is 16.2. The van der Waals surface area contributed by atoms with Crippen LogP contribution in [0.3, 0.4) is 0 Å². The number of aromatic amines is 1. The zero-order chi connectivity index (χ0) is 20.2. The Labute approximate surface area is 174 Å². The lowest BCUT2D eigenvalue weighted by molar-refractivity contribution is 0.0256. The number of pyridine rings is 1. The molecular weight excluding hydrogens is 388 g/mol. The Morgan fingerprint density at radius 1 is 1.34 bits per heavy atom. The van der Waals surface area contributed by atoms with Gasteiger partial charge in [-0.05, 0) is 23.8 Å². The molecule has 29 heavy (non-hydrogen) atoms. The fourth-order valence-corrected chi connectivity index (χ4v) is 3.72. The highest BCUT2D eigenvalue weighted by Crippen LogP contribution is 2.35. The molecule has 3 N–H and O–H groups in total. The van der Waals surface area contributed by atoms with Gasteiger partial charge in [-0.25, -0.2) is 4.98 Å². The first-order valence-electron chi connectivity index (χ1n) is 9.55. The number of nitrogens with one attached hydrogen (secondary N) is 1. The van der Waals surface area contributed by atoms with E-state index in [0.29, 0.717) is 10.8 Å². The van der Waals surface area contributed by atoms with Crippen molar-refractivity contribution in [2.75, 3.05) is 20.3 Å². The van der Waals surface area contributed by atoms with Gasteiger partial charge in [-0.15, -0.1) is 0 Å². The first kappa shape index (κ1) is 19.5. The number of ether oxygens (including phenoxy) is 2. The van der Waals surface area contributed by atoms with Crippen LogP contribution in [0.2, 0.25) is 5.02 Å². The minimum Gasteiger partial charge on any atom is -0.489 e. The maximum Gasteiger partial charge on any atom is 0.138 e. The van der Waals surface area contributed by atoms with Crippen LogP contribution in [0.25, 0.3) is 27.7 Å². The van der Waals surface area contributed by atoms with E-state index in [1.165, 1.54) is 6.20 Å². The maximum atomic E-state index is 6.54. The number of aliphatic imine (C=N–C) groups is 1. The molecular formula is C22H23ClN4O2. The molecule has 0 spiro atoms. The Morgan fingerprint density at radius 2 is 2.17 bits per heavy atom. The van der Waals surface area contributed by atoms with Gasteiger partial charge in [-0.2, -0.15) is 0 Å². The number of rotatable bonds is 5. The van der Waals surface area contributed by atoms with E-state index < -0.39 is 0 Å². The van der Waals surface area contributed by atoms with Crippen LogP contribution in [0.4, 0.5) is 0 Å². The van der Waals surface area contributed by atoms with Crippen LogP contribution in [-0.4, -0.2) is 42.5 Å². The number of hydrogen-bond acceptors (Lipinski definition) is 5. The molecule has 3 aromatic rings. The minimum atomic E-state index is 0.147. The van der Waals surface area contributed by atoms with Crippen LogP contribution in [0.15, 0.2) is 47.9 Å². The molecule has 1 aliphatic rings. The number of H-pyrrole nitrogens is 1.